The van der Waals surface area contributed by atoms with Gasteiger partial charge in [-0.25, -0.2) is 0 Å². The van der Waals surface area contributed by atoms with E-state index in [2.05, 4.69) is 0 Å². The molecule has 0 atom stereocenters. The number of nitrogens with two attached hydrogens (primary N) is 1. The van der Waals surface area contributed by atoms with Gasteiger partial charge in [-0.2, -0.15) is 0 Å². The Balaban J connectivity index is 2.30. The molecule has 1 aromatic carbocycles. The van der Waals surface area contributed by atoms with E-state index in [9.17, 15) is 4.79 Å². The van der Waals surface area contributed by atoms with E-state index >= 15 is 0 Å². The summed E-state index contributed by atoms with van der Waals surface area (Å²) in [5, 5.41) is 0.530. The van der Waals surface area contributed by atoms with E-state index in [4.69, 9.17) is 22.1 Å². The maximum atomic E-state index is 12.1. The number of anilines is 1. The number of carbonyl (C=O) groups excluding carboxylic acids is 1. The molecule has 1 aliphatic rings. The lowest BCUT2D eigenvalue weighted by molar-refractivity contribution is 0.101. The zero-order valence-corrected chi connectivity index (χ0v) is 9.46. The minimum atomic E-state index is -0.0751. The van der Waals surface area contributed by atoms with E-state index < -0.39 is 0 Å². The van der Waals surface area contributed by atoms with Crippen molar-refractivity contribution in [2.45, 2.75) is 12.8 Å². The molecule has 1 aliphatic heterocycles. The van der Waals surface area contributed by atoms with E-state index in [0.29, 0.717) is 28.5 Å². The van der Waals surface area contributed by atoms with Gasteiger partial charge in [0.15, 0.2) is 5.78 Å². The fraction of sp³-hybridized carbons (Fsp3) is 0.250. The van der Waals surface area contributed by atoms with Crippen LogP contribution in [0.5, 0.6) is 0 Å². The van der Waals surface area contributed by atoms with Gasteiger partial charge >= 0.3 is 0 Å². The molecule has 2 N–H and O–H groups in total. The number of benzene rings is 1. The Labute approximate surface area is 98.8 Å². The number of carbonyl (C=O) groups is 1. The van der Waals surface area contributed by atoms with Crippen molar-refractivity contribution >= 4 is 23.1 Å². The second-order valence-electron chi connectivity index (χ2n) is 3.68. The third-order valence-corrected chi connectivity index (χ3v) is 2.72. The maximum absolute atomic E-state index is 12.1. The smallest absolute Gasteiger partial charge is 0.194 e. The van der Waals surface area contributed by atoms with Crippen LogP contribution in [0, 0.1) is 0 Å². The van der Waals surface area contributed by atoms with E-state index in [0.717, 1.165) is 12.8 Å². The van der Waals surface area contributed by atoms with Gasteiger partial charge in [-0.1, -0.05) is 11.6 Å². The van der Waals surface area contributed by atoms with Crippen molar-refractivity contribution < 1.29 is 9.53 Å². The second kappa shape index (κ2) is 4.58. The molecule has 0 saturated heterocycles. The Morgan fingerprint density at radius 1 is 1.44 bits per heavy atom. The summed E-state index contributed by atoms with van der Waals surface area (Å²) in [5.74, 6) is -0.0751. The van der Waals surface area contributed by atoms with Crippen LogP contribution in [0.3, 0.4) is 0 Å². The van der Waals surface area contributed by atoms with Gasteiger partial charge in [0.2, 0.25) is 0 Å². The first-order chi connectivity index (χ1) is 7.68. The minimum Gasteiger partial charge on any atom is -0.501 e. The van der Waals surface area contributed by atoms with Crippen LogP contribution in [-0.4, -0.2) is 12.4 Å². The van der Waals surface area contributed by atoms with Crippen LogP contribution >= 0.6 is 11.6 Å². The van der Waals surface area contributed by atoms with Crippen LogP contribution in [-0.2, 0) is 4.74 Å². The van der Waals surface area contributed by atoms with Crippen LogP contribution in [0.25, 0.3) is 0 Å². The summed E-state index contributed by atoms with van der Waals surface area (Å²) in [7, 11) is 0. The van der Waals surface area contributed by atoms with Crippen molar-refractivity contribution in [1.29, 1.82) is 0 Å². The summed E-state index contributed by atoms with van der Waals surface area (Å²) in [6, 6.07) is 4.89. The molecule has 16 heavy (non-hydrogen) atoms. The third-order valence-electron chi connectivity index (χ3n) is 2.48. The molecule has 2 rings (SSSR count). The number of rotatable bonds is 2. The Bertz CT molecular complexity index is 454. The predicted octanol–water partition coefficient (Wildman–Crippen LogP) is 2.80. The summed E-state index contributed by atoms with van der Waals surface area (Å²) in [5.41, 5.74) is 7.32. The topological polar surface area (TPSA) is 52.3 Å². The fourth-order valence-corrected chi connectivity index (χ4v) is 1.83. The number of allylic oxidation sites excluding steroid dienone is 1. The van der Waals surface area contributed by atoms with E-state index in [1.807, 2.05) is 0 Å². The second-order valence-corrected chi connectivity index (χ2v) is 4.11. The average Bonchev–Trinajstić information content (AvgIpc) is 2.29. The Morgan fingerprint density at radius 2 is 2.25 bits per heavy atom. The number of Topliss-reactive ketones (excluding diaryl/α,β-unsaturated/α-hetero) is 1. The van der Waals surface area contributed by atoms with Crippen LogP contribution in [0.2, 0.25) is 5.02 Å². The highest BCUT2D eigenvalue weighted by molar-refractivity contribution is 6.31. The van der Waals surface area contributed by atoms with Crippen LogP contribution in [0.15, 0.2) is 30.0 Å². The molecule has 1 aromatic rings. The summed E-state index contributed by atoms with van der Waals surface area (Å²) >= 11 is 5.78. The van der Waals surface area contributed by atoms with Gasteiger partial charge in [-0.05, 0) is 31.0 Å². The van der Waals surface area contributed by atoms with Crippen molar-refractivity contribution in [3.05, 3.63) is 40.6 Å². The molecule has 4 heteroatoms. The molecule has 84 valence electrons. The minimum absolute atomic E-state index is 0.0751. The monoisotopic (exact) mass is 237 g/mol. The lowest BCUT2D eigenvalue weighted by Crippen LogP contribution is -2.11. The van der Waals surface area contributed by atoms with Crippen molar-refractivity contribution in [3.63, 3.8) is 0 Å². The van der Waals surface area contributed by atoms with Gasteiger partial charge < -0.3 is 10.5 Å². The highest BCUT2D eigenvalue weighted by Crippen LogP contribution is 2.23. The van der Waals surface area contributed by atoms with E-state index in [-0.39, 0.29) is 5.78 Å². The molecule has 1 heterocycles. The zero-order valence-electron chi connectivity index (χ0n) is 8.70. The van der Waals surface area contributed by atoms with Gasteiger partial charge in [-0.15, -0.1) is 0 Å². The van der Waals surface area contributed by atoms with Gasteiger partial charge in [-0.3, -0.25) is 4.79 Å². The Morgan fingerprint density at radius 3 is 2.88 bits per heavy atom. The Hall–Kier alpha value is -1.48. The summed E-state index contributed by atoms with van der Waals surface area (Å²) in [4.78, 5) is 12.1. The molecule has 0 aliphatic carbocycles. The standard InChI is InChI=1S/C12H12ClNO2/c13-9-3-4-10(11(14)6-9)12(15)8-2-1-5-16-7-8/h3-4,6-7H,1-2,5,14H2. The number of halogens is 1. The van der Waals surface area contributed by atoms with Gasteiger partial charge in [0.05, 0.1) is 12.9 Å². The number of nitrogen functional groups attached to an aromatic ring is 1. The first kappa shape index (κ1) is 11.0. The number of hydrogen-bond acceptors (Lipinski definition) is 3. The molecule has 0 bridgehead atoms. The van der Waals surface area contributed by atoms with Crippen LogP contribution in [0.4, 0.5) is 5.69 Å². The molecule has 0 fully saturated rings. The number of hydrogen-bond donors (Lipinski definition) is 1. The van der Waals surface area contributed by atoms with E-state index in [1.54, 1.807) is 18.2 Å². The Kier molecular flexibility index (Phi) is 3.15. The van der Waals surface area contributed by atoms with Crippen molar-refractivity contribution in [2.75, 3.05) is 12.3 Å². The first-order valence-corrected chi connectivity index (χ1v) is 5.46. The van der Waals surface area contributed by atoms with E-state index in [1.165, 1.54) is 6.26 Å². The van der Waals surface area contributed by atoms with Crippen LogP contribution < -0.4 is 5.73 Å². The lowest BCUT2D eigenvalue weighted by atomic mass is 9.98. The highest BCUT2D eigenvalue weighted by Gasteiger charge is 2.17. The van der Waals surface area contributed by atoms with Gasteiger partial charge in [0, 0.05) is 21.8 Å². The van der Waals surface area contributed by atoms with Gasteiger partial charge in [0.1, 0.15) is 0 Å². The zero-order chi connectivity index (χ0) is 11.5. The molecule has 0 unspecified atom stereocenters. The van der Waals surface area contributed by atoms with Crippen molar-refractivity contribution in [2.24, 2.45) is 0 Å². The third kappa shape index (κ3) is 2.19. The normalized spacial score (nSPS) is 15.2. The highest BCUT2D eigenvalue weighted by atomic mass is 35.5. The maximum Gasteiger partial charge on any atom is 0.194 e. The largest absolute Gasteiger partial charge is 0.501 e. The lowest BCUT2D eigenvalue weighted by Gasteiger charge is -2.13. The molecule has 0 amide bonds. The molecule has 0 radical (unpaired) electrons. The van der Waals surface area contributed by atoms with Crippen LogP contribution in [0.1, 0.15) is 23.2 Å². The number of ether oxygens (including phenoxy) is 1. The van der Waals surface area contributed by atoms with Crippen molar-refractivity contribution in [3.8, 4) is 0 Å². The molecular formula is C12H12ClNO2. The SMILES string of the molecule is Nc1cc(Cl)ccc1C(=O)C1=COCCC1. The molecule has 0 spiro atoms. The molecule has 3 nitrogen and oxygen atoms in total. The molecule has 0 saturated carbocycles. The van der Waals surface area contributed by atoms with Gasteiger partial charge in [0.25, 0.3) is 0 Å². The summed E-state index contributed by atoms with van der Waals surface area (Å²) < 4.78 is 5.14. The summed E-state index contributed by atoms with van der Waals surface area (Å²) in [6.45, 7) is 0.673. The average molecular weight is 238 g/mol. The molecule has 0 aromatic heterocycles. The fourth-order valence-electron chi connectivity index (χ4n) is 1.64. The molecular weight excluding hydrogens is 226 g/mol. The van der Waals surface area contributed by atoms with Crippen molar-refractivity contribution in [1.82, 2.24) is 0 Å². The number of ketones is 1. The quantitative estimate of drug-likeness (QED) is 0.636. The first-order valence-electron chi connectivity index (χ1n) is 5.09. The predicted molar refractivity (Wildman–Crippen MR) is 63.5 cm³/mol. The summed E-state index contributed by atoms with van der Waals surface area (Å²) in [6.07, 6.45) is 3.13.